The van der Waals surface area contributed by atoms with E-state index in [1.807, 2.05) is 13.8 Å². The van der Waals surface area contributed by atoms with Crippen molar-refractivity contribution in [1.29, 1.82) is 0 Å². The van der Waals surface area contributed by atoms with Gasteiger partial charge < -0.3 is 19.3 Å². The number of sulfonamides is 1. The summed E-state index contributed by atoms with van der Waals surface area (Å²) in [7, 11) is -4.34. The van der Waals surface area contributed by atoms with Crippen molar-refractivity contribution < 1.29 is 22.3 Å². The van der Waals surface area contributed by atoms with E-state index in [1.165, 1.54) is 29.0 Å². The summed E-state index contributed by atoms with van der Waals surface area (Å²) >= 11 is -2.60. The van der Waals surface area contributed by atoms with Gasteiger partial charge in [-0.3, -0.25) is 13.6 Å². The van der Waals surface area contributed by atoms with Gasteiger partial charge in [0.2, 0.25) is 0 Å². The number of amidine groups is 1. The Morgan fingerprint density at radius 2 is 2.03 bits per heavy atom. The molecular weight excluding hydrogens is 506 g/mol. The molecule has 13 heteroatoms. The van der Waals surface area contributed by atoms with Gasteiger partial charge in [-0.25, -0.2) is 4.98 Å². The monoisotopic (exact) mass is 532 g/mol. The lowest BCUT2D eigenvalue weighted by molar-refractivity contribution is 0.473. The molecule has 0 saturated heterocycles. The van der Waals surface area contributed by atoms with E-state index >= 15 is 0 Å². The molecule has 0 radical (unpaired) electrons. The van der Waals surface area contributed by atoms with E-state index in [1.54, 1.807) is 19.1 Å². The number of fused-ring (bicyclic) bond motifs is 2. The minimum absolute atomic E-state index is 0.107. The van der Waals surface area contributed by atoms with E-state index in [2.05, 4.69) is 14.7 Å². The molecule has 192 valence electrons. The van der Waals surface area contributed by atoms with Crippen molar-refractivity contribution in [2.24, 2.45) is 10.3 Å². The number of anilines is 2. The molecule has 11 nitrogen and oxygen atoms in total. The second kappa shape index (κ2) is 9.99. The molecule has 1 unspecified atom stereocenters. The fraction of sp³-hybridized carbons (Fsp3) is 0.348. The number of aromatic hydroxyl groups is 1. The van der Waals surface area contributed by atoms with Gasteiger partial charge in [-0.2, -0.15) is 8.42 Å². The molecule has 0 amide bonds. The topological polar surface area (TPSA) is 157 Å². The highest BCUT2D eigenvalue weighted by atomic mass is 32.2. The first-order chi connectivity index (χ1) is 17.0. The van der Waals surface area contributed by atoms with Crippen LogP contribution < -0.4 is 15.2 Å². The van der Waals surface area contributed by atoms with E-state index in [0.717, 1.165) is 4.31 Å². The largest absolute Gasteiger partial charge is 0.755 e. The smallest absolute Gasteiger partial charge is 0.286 e. The summed E-state index contributed by atoms with van der Waals surface area (Å²) in [5, 5.41) is 14.1. The van der Waals surface area contributed by atoms with Crippen molar-refractivity contribution in [1.82, 2.24) is 9.55 Å². The molecule has 1 atom stereocenters. The van der Waals surface area contributed by atoms with Gasteiger partial charge in [-0.15, -0.1) is 4.40 Å². The fourth-order valence-corrected chi connectivity index (χ4v) is 5.74. The number of hydrogen-bond acceptors (Lipinski definition) is 8. The molecule has 1 aliphatic rings. The predicted octanol–water partition coefficient (Wildman–Crippen LogP) is 2.72. The van der Waals surface area contributed by atoms with Crippen molar-refractivity contribution in [2.45, 2.75) is 45.1 Å². The van der Waals surface area contributed by atoms with Crippen LogP contribution in [0.15, 0.2) is 50.6 Å². The maximum absolute atomic E-state index is 13.5. The Bertz CT molecular complexity index is 1550. The molecule has 1 aromatic carbocycles. The normalized spacial score (nSPS) is 15.3. The maximum atomic E-state index is 13.5. The Labute approximate surface area is 211 Å². The van der Waals surface area contributed by atoms with Crippen LogP contribution in [0.4, 0.5) is 11.4 Å². The molecule has 0 spiro atoms. The van der Waals surface area contributed by atoms with Gasteiger partial charge >= 0.3 is 0 Å². The van der Waals surface area contributed by atoms with Crippen molar-refractivity contribution in [2.75, 3.05) is 16.2 Å². The molecule has 0 aliphatic carbocycles. The summed E-state index contributed by atoms with van der Waals surface area (Å²) in [4.78, 5) is 17.5. The number of hydrogen-bond donors (Lipinski definition) is 2. The third kappa shape index (κ3) is 4.73. The molecule has 0 fully saturated rings. The van der Waals surface area contributed by atoms with Gasteiger partial charge in [0, 0.05) is 36.2 Å². The summed E-state index contributed by atoms with van der Waals surface area (Å²) in [6.45, 7) is 6.31. The van der Waals surface area contributed by atoms with Gasteiger partial charge in [-0.05, 0) is 49.1 Å². The Balaban J connectivity index is 1.87. The Morgan fingerprint density at radius 3 is 2.69 bits per heavy atom. The second-order valence-electron chi connectivity index (χ2n) is 8.78. The van der Waals surface area contributed by atoms with Crippen LogP contribution in [0, 0.1) is 5.92 Å². The average Bonchev–Trinajstić information content (AvgIpc) is 2.82. The summed E-state index contributed by atoms with van der Waals surface area (Å²) in [5.41, 5.74) is -0.350. The zero-order chi connectivity index (χ0) is 26.2. The first-order valence-electron chi connectivity index (χ1n) is 11.4. The average molecular weight is 533 g/mol. The van der Waals surface area contributed by atoms with Gasteiger partial charge in [0.05, 0.1) is 11.1 Å². The quantitative estimate of drug-likeness (QED) is 0.419. The first-order valence-corrected chi connectivity index (χ1v) is 13.9. The van der Waals surface area contributed by atoms with Crippen LogP contribution in [-0.2, 0) is 27.8 Å². The lowest BCUT2D eigenvalue weighted by Gasteiger charge is -2.27. The number of aryl methyl sites for hydroxylation is 1. The van der Waals surface area contributed by atoms with Crippen LogP contribution >= 0.6 is 0 Å². The van der Waals surface area contributed by atoms with E-state index in [0.29, 0.717) is 19.4 Å². The van der Waals surface area contributed by atoms with E-state index in [9.17, 15) is 27.1 Å². The van der Waals surface area contributed by atoms with Crippen LogP contribution in [0.1, 0.15) is 39.2 Å². The highest BCUT2D eigenvalue weighted by Gasteiger charge is 2.31. The summed E-state index contributed by atoms with van der Waals surface area (Å²) < 4.78 is 55.8. The zero-order valence-corrected chi connectivity index (χ0v) is 21.6. The molecule has 3 heterocycles. The van der Waals surface area contributed by atoms with Gasteiger partial charge in [-0.1, -0.05) is 20.8 Å². The number of pyridine rings is 2. The van der Waals surface area contributed by atoms with Crippen LogP contribution in [0.3, 0.4) is 0 Å². The first kappa shape index (κ1) is 25.8. The fourth-order valence-electron chi connectivity index (χ4n) is 3.98. The van der Waals surface area contributed by atoms with Crippen molar-refractivity contribution in [3.8, 4) is 5.75 Å². The standard InChI is InChI=1S/C23H27N5O6S2/c1-4-11-28(35(31)32)15-7-8-17-18(13-15)36(33,34)26-21(25-17)19-20(29)16-6-5-10-24-22(16)27(23(19)30)12-9-14(2)3/h5-8,10,13-14,29H,4,9,11-12H2,1-3H3,(H,25,26)(H,31,32)/p-1. The minimum Gasteiger partial charge on any atom is -0.755 e. The molecular formula is C23H26N5O6S2-. The second-order valence-corrected chi connectivity index (χ2v) is 11.2. The summed E-state index contributed by atoms with van der Waals surface area (Å²) in [6.07, 6.45) is 2.70. The van der Waals surface area contributed by atoms with Gasteiger partial charge in [0.1, 0.15) is 21.9 Å². The molecule has 1 aliphatic heterocycles. The molecule has 36 heavy (non-hydrogen) atoms. The Morgan fingerprint density at radius 1 is 1.28 bits per heavy atom. The van der Waals surface area contributed by atoms with Crippen LogP contribution in [-0.4, -0.2) is 44.2 Å². The van der Waals surface area contributed by atoms with Gasteiger partial charge in [0.15, 0.2) is 5.84 Å². The third-order valence-corrected chi connectivity index (χ3v) is 7.83. The Hall–Kier alpha value is -3.29. The van der Waals surface area contributed by atoms with Crippen LogP contribution in [0.2, 0.25) is 0 Å². The Kier molecular flexibility index (Phi) is 7.16. The molecule has 2 N–H and O–H groups in total. The van der Waals surface area contributed by atoms with Crippen LogP contribution in [0.25, 0.3) is 11.0 Å². The van der Waals surface area contributed by atoms with E-state index in [-0.39, 0.29) is 51.2 Å². The van der Waals surface area contributed by atoms with E-state index in [4.69, 9.17) is 0 Å². The van der Waals surface area contributed by atoms with Gasteiger partial charge in [0.25, 0.3) is 15.6 Å². The minimum atomic E-state index is -4.34. The SMILES string of the molecule is CCCN(c1ccc2c(c1)S(=O)(=O)N=C(c1c(O)c3cccnc3n(CCC(C)C)c1=O)N2)S(=O)[O-]. The summed E-state index contributed by atoms with van der Waals surface area (Å²) in [5.74, 6) is -0.462. The number of nitrogens with one attached hydrogen (secondary N) is 1. The molecule has 0 bridgehead atoms. The lowest BCUT2D eigenvalue weighted by atomic mass is 10.1. The number of aromatic nitrogens is 2. The number of benzene rings is 1. The number of nitrogens with zero attached hydrogens (tertiary/aromatic N) is 4. The lowest BCUT2D eigenvalue weighted by Crippen LogP contribution is -2.33. The molecule has 4 rings (SSSR count). The molecule has 2 aromatic heterocycles. The molecule has 0 saturated carbocycles. The van der Waals surface area contributed by atoms with Crippen molar-refractivity contribution in [3.63, 3.8) is 0 Å². The summed E-state index contributed by atoms with van der Waals surface area (Å²) in [6, 6.07) is 7.28. The van der Waals surface area contributed by atoms with E-state index < -0.39 is 32.6 Å². The van der Waals surface area contributed by atoms with Crippen molar-refractivity contribution >= 4 is 49.5 Å². The zero-order valence-electron chi connectivity index (χ0n) is 20.0. The molecule has 3 aromatic rings. The number of rotatable bonds is 8. The highest BCUT2D eigenvalue weighted by Crippen LogP contribution is 2.34. The van der Waals surface area contributed by atoms with Crippen LogP contribution in [0.5, 0.6) is 5.75 Å². The predicted molar refractivity (Wildman–Crippen MR) is 137 cm³/mol. The highest BCUT2D eigenvalue weighted by molar-refractivity contribution is 7.90. The maximum Gasteiger partial charge on any atom is 0.286 e. The van der Waals surface area contributed by atoms with Crippen molar-refractivity contribution in [3.05, 3.63) is 52.4 Å². The third-order valence-electron chi connectivity index (χ3n) is 5.76.